The zero-order valence-electron chi connectivity index (χ0n) is 13.0. The molecular weight excluding hydrogens is 316 g/mol. The lowest BCUT2D eigenvalue weighted by Gasteiger charge is -2.43. The smallest absolute Gasteiger partial charge is 0.320 e. The number of halogens is 1. The molecule has 0 bridgehead atoms. The van der Waals surface area contributed by atoms with Crippen LogP contribution in [0.15, 0.2) is 30.3 Å². The number of benzene rings is 1. The molecule has 1 saturated heterocycles. The van der Waals surface area contributed by atoms with Crippen LogP contribution in [0.25, 0.3) is 0 Å². The van der Waals surface area contributed by atoms with Crippen LogP contribution in [0.1, 0.15) is 37.7 Å². The summed E-state index contributed by atoms with van der Waals surface area (Å²) in [5, 5.41) is 12.4. The molecule has 0 spiro atoms. The van der Waals surface area contributed by atoms with Crippen LogP contribution in [-0.2, 0) is 15.1 Å². The van der Waals surface area contributed by atoms with Gasteiger partial charge in [0.15, 0.2) is 0 Å². The number of nitrogens with zero attached hydrogens (tertiary/aromatic N) is 1. The molecule has 1 aliphatic heterocycles. The van der Waals surface area contributed by atoms with Crippen LogP contribution >= 0.6 is 12.4 Å². The Kier molecular flexibility index (Phi) is 5.65. The van der Waals surface area contributed by atoms with Crippen molar-refractivity contribution in [3.63, 3.8) is 0 Å². The minimum Gasteiger partial charge on any atom is -0.480 e. The van der Waals surface area contributed by atoms with E-state index < -0.39 is 12.0 Å². The predicted octanol–water partition coefficient (Wildman–Crippen LogP) is 2.15. The van der Waals surface area contributed by atoms with Gasteiger partial charge in [0.25, 0.3) is 0 Å². The molecule has 1 atom stereocenters. The lowest BCUT2D eigenvalue weighted by molar-refractivity contribution is -0.142. The maximum absolute atomic E-state index is 12.4. The summed E-state index contributed by atoms with van der Waals surface area (Å²) in [6.45, 7) is 0.855. The summed E-state index contributed by atoms with van der Waals surface area (Å²) in [4.78, 5) is 25.4. The quantitative estimate of drug-likeness (QED) is 0.863. The van der Waals surface area contributed by atoms with Crippen molar-refractivity contribution in [2.24, 2.45) is 0 Å². The Labute approximate surface area is 142 Å². The van der Waals surface area contributed by atoms with Crippen LogP contribution in [0, 0.1) is 0 Å². The molecule has 1 aromatic rings. The SMILES string of the molecule is Cl.O=C(CN1CCCC1C(=O)O)NC1(c2ccccc2)CCC1. The zero-order valence-corrected chi connectivity index (χ0v) is 13.8. The minimum atomic E-state index is -0.827. The second kappa shape index (κ2) is 7.32. The van der Waals surface area contributed by atoms with Crippen LogP contribution in [0.3, 0.4) is 0 Å². The Morgan fingerprint density at radius 3 is 2.48 bits per heavy atom. The number of rotatable bonds is 5. The van der Waals surface area contributed by atoms with E-state index >= 15 is 0 Å². The molecule has 1 aromatic carbocycles. The van der Waals surface area contributed by atoms with Crippen molar-refractivity contribution in [1.29, 1.82) is 0 Å². The number of carboxylic acid groups (broad SMARTS) is 1. The highest BCUT2D eigenvalue weighted by Gasteiger charge is 2.40. The van der Waals surface area contributed by atoms with Gasteiger partial charge in [-0.05, 0) is 44.2 Å². The summed E-state index contributed by atoms with van der Waals surface area (Å²) in [7, 11) is 0. The molecule has 0 radical (unpaired) electrons. The number of aliphatic carboxylic acids is 1. The van der Waals surface area contributed by atoms with Gasteiger partial charge in [-0.3, -0.25) is 14.5 Å². The fourth-order valence-corrected chi connectivity index (χ4v) is 3.56. The number of likely N-dealkylation sites (tertiary alicyclic amines) is 1. The summed E-state index contributed by atoms with van der Waals surface area (Å²) in [5.41, 5.74) is 0.891. The molecule has 5 nitrogen and oxygen atoms in total. The van der Waals surface area contributed by atoms with Crippen LogP contribution in [0.4, 0.5) is 0 Å². The third-order valence-electron chi connectivity index (χ3n) is 4.91. The first kappa shape index (κ1) is 17.8. The molecule has 2 fully saturated rings. The van der Waals surface area contributed by atoms with E-state index in [1.807, 2.05) is 18.2 Å². The van der Waals surface area contributed by atoms with Gasteiger partial charge in [-0.1, -0.05) is 30.3 Å². The zero-order chi connectivity index (χ0) is 15.6. The van der Waals surface area contributed by atoms with E-state index in [0.29, 0.717) is 13.0 Å². The van der Waals surface area contributed by atoms with Gasteiger partial charge in [0, 0.05) is 0 Å². The monoisotopic (exact) mass is 338 g/mol. The van der Waals surface area contributed by atoms with Gasteiger partial charge < -0.3 is 10.4 Å². The third kappa shape index (κ3) is 3.67. The minimum absolute atomic E-state index is 0. The van der Waals surface area contributed by atoms with Crippen LogP contribution in [0.5, 0.6) is 0 Å². The highest BCUT2D eigenvalue weighted by atomic mass is 35.5. The molecule has 3 rings (SSSR count). The first-order chi connectivity index (χ1) is 10.6. The predicted molar refractivity (Wildman–Crippen MR) is 89.6 cm³/mol. The molecular formula is C17H23ClN2O3. The standard InChI is InChI=1S/C17H22N2O3.ClH/c20-15(12-19-11-4-8-14(19)16(21)22)18-17(9-5-10-17)13-6-2-1-3-7-13;/h1-3,6-7,14H,4-5,8-12H2,(H,18,20)(H,21,22);1H. The average molecular weight is 339 g/mol. The third-order valence-corrected chi connectivity index (χ3v) is 4.91. The van der Waals surface area contributed by atoms with Crippen molar-refractivity contribution in [2.75, 3.05) is 13.1 Å². The van der Waals surface area contributed by atoms with Crippen molar-refractivity contribution < 1.29 is 14.7 Å². The fourth-order valence-electron chi connectivity index (χ4n) is 3.56. The van der Waals surface area contributed by atoms with Gasteiger partial charge in [0.2, 0.25) is 5.91 Å². The number of nitrogens with one attached hydrogen (secondary N) is 1. The van der Waals surface area contributed by atoms with Gasteiger partial charge in [0.05, 0.1) is 12.1 Å². The molecule has 1 saturated carbocycles. The number of hydrogen-bond donors (Lipinski definition) is 2. The first-order valence-electron chi connectivity index (χ1n) is 7.94. The van der Waals surface area contributed by atoms with E-state index in [4.69, 9.17) is 0 Å². The molecule has 1 aliphatic carbocycles. The molecule has 0 aromatic heterocycles. The van der Waals surface area contributed by atoms with Crippen LogP contribution < -0.4 is 5.32 Å². The number of carbonyl (C=O) groups is 2. The van der Waals surface area contributed by atoms with E-state index in [1.165, 1.54) is 0 Å². The molecule has 1 amide bonds. The Morgan fingerprint density at radius 2 is 1.91 bits per heavy atom. The van der Waals surface area contributed by atoms with Gasteiger partial charge in [0.1, 0.15) is 6.04 Å². The van der Waals surface area contributed by atoms with E-state index in [2.05, 4.69) is 17.4 Å². The van der Waals surface area contributed by atoms with E-state index in [0.717, 1.165) is 31.2 Å². The lowest BCUT2D eigenvalue weighted by Crippen LogP contribution is -2.54. The topological polar surface area (TPSA) is 69.6 Å². The van der Waals surface area contributed by atoms with E-state index in [9.17, 15) is 14.7 Å². The molecule has 126 valence electrons. The van der Waals surface area contributed by atoms with Gasteiger partial charge in [-0.15, -0.1) is 12.4 Å². The average Bonchev–Trinajstić information content (AvgIpc) is 2.92. The molecule has 6 heteroatoms. The van der Waals surface area contributed by atoms with Crippen LogP contribution in [-0.4, -0.2) is 41.0 Å². The summed E-state index contributed by atoms with van der Waals surface area (Å²) in [6.07, 6.45) is 4.48. The summed E-state index contributed by atoms with van der Waals surface area (Å²) < 4.78 is 0. The molecule has 1 heterocycles. The summed E-state index contributed by atoms with van der Waals surface area (Å²) in [6, 6.07) is 9.54. The van der Waals surface area contributed by atoms with Crippen molar-refractivity contribution >= 4 is 24.3 Å². The number of carboxylic acids is 1. The highest BCUT2D eigenvalue weighted by molar-refractivity contribution is 5.85. The maximum atomic E-state index is 12.4. The second-order valence-corrected chi connectivity index (χ2v) is 6.32. The molecule has 2 N–H and O–H groups in total. The Morgan fingerprint density at radius 1 is 1.22 bits per heavy atom. The largest absolute Gasteiger partial charge is 0.480 e. The number of amides is 1. The highest BCUT2D eigenvalue weighted by Crippen LogP contribution is 2.41. The maximum Gasteiger partial charge on any atom is 0.320 e. The van der Waals surface area contributed by atoms with Crippen molar-refractivity contribution in [1.82, 2.24) is 10.2 Å². The van der Waals surface area contributed by atoms with Gasteiger partial charge in [-0.2, -0.15) is 0 Å². The number of carbonyl (C=O) groups excluding carboxylic acids is 1. The molecule has 2 aliphatic rings. The van der Waals surface area contributed by atoms with Gasteiger partial charge >= 0.3 is 5.97 Å². The van der Waals surface area contributed by atoms with Crippen LogP contribution in [0.2, 0.25) is 0 Å². The summed E-state index contributed by atoms with van der Waals surface area (Å²) >= 11 is 0. The van der Waals surface area contributed by atoms with Crippen molar-refractivity contribution in [3.05, 3.63) is 35.9 Å². The Bertz CT molecular complexity index is 560. The number of hydrogen-bond acceptors (Lipinski definition) is 3. The van der Waals surface area contributed by atoms with E-state index in [1.54, 1.807) is 4.90 Å². The second-order valence-electron chi connectivity index (χ2n) is 6.32. The molecule has 1 unspecified atom stereocenters. The Hall–Kier alpha value is -1.59. The lowest BCUT2D eigenvalue weighted by atomic mass is 9.72. The summed E-state index contributed by atoms with van der Waals surface area (Å²) in [5.74, 6) is -0.900. The molecule has 23 heavy (non-hydrogen) atoms. The normalized spacial score (nSPS) is 22.7. The van der Waals surface area contributed by atoms with E-state index in [-0.39, 0.29) is 30.4 Å². The van der Waals surface area contributed by atoms with Gasteiger partial charge in [-0.25, -0.2) is 0 Å². The van der Waals surface area contributed by atoms with Crippen molar-refractivity contribution in [3.8, 4) is 0 Å². The first-order valence-corrected chi connectivity index (χ1v) is 7.94. The fraction of sp³-hybridized carbons (Fsp3) is 0.529. The van der Waals surface area contributed by atoms with Crippen molar-refractivity contribution in [2.45, 2.75) is 43.7 Å². The Balaban J connectivity index is 0.00000192.